The Morgan fingerprint density at radius 1 is 1.31 bits per heavy atom. The minimum Gasteiger partial charge on any atom is -0.377 e. The van der Waals surface area contributed by atoms with E-state index in [-0.39, 0.29) is 0 Å². The molecule has 0 aromatic carbocycles. The van der Waals surface area contributed by atoms with Gasteiger partial charge in [0.1, 0.15) is 0 Å². The third kappa shape index (κ3) is 3.65. The molecule has 0 saturated heterocycles. The van der Waals surface area contributed by atoms with E-state index in [1.165, 1.54) is 25.7 Å². The van der Waals surface area contributed by atoms with Crippen LogP contribution in [0.15, 0.2) is 0 Å². The summed E-state index contributed by atoms with van der Waals surface area (Å²) in [5, 5.41) is 3.37. The van der Waals surface area contributed by atoms with Crippen molar-refractivity contribution in [2.45, 2.75) is 51.7 Å². The zero-order chi connectivity index (χ0) is 9.68. The molecule has 1 fully saturated rings. The third-order valence-electron chi connectivity index (χ3n) is 2.95. The highest BCUT2D eigenvalue weighted by Gasteiger charge is 2.23. The topological polar surface area (TPSA) is 21.3 Å². The second-order valence-corrected chi connectivity index (χ2v) is 4.32. The lowest BCUT2D eigenvalue weighted by atomic mass is 9.99. The zero-order valence-corrected chi connectivity index (χ0v) is 9.18. The molecule has 2 nitrogen and oxygen atoms in total. The van der Waals surface area contributed by atoms with Crippen LogP contribution in [0.5, 0.6) is 0 Å². The molecule has 0 radical (unpaired) electrons. The first-order valence-electron chi connectivity index (χ1n) is 5.53. The molecular weight excluding hydrogens is 162 g/mol. The van der Waals surface area contributed by atoms with Crippen molar-refractivity contribution in [3.63, 3.8) is 0 Å². The van der Waals surface area contributed by atoms with Gasteiger partial charge in [-0.1, -0.05) is 12.8 Å². The van der Waals surface area contributed by atoms with E-state index >= 15 is 0 Å². The van der Waals surface area contributed by atoms with E-state index in [9.17, 15) is 0 Å². The van der Waals surface area contributed by atoms with Crippen molar-refractivity contribution in [2.24, 2.45) is 5.92 Å². The molecule has 2 heteroatoms. The number of likely N-dealkylation sites (N-methyl/N-ethyl adjacent to an activating group) is 1. The highest BCUT2D eigenvalue weighted by molar-refractivity contribution is 4.79. The Kier molecular flexibility index (Phi) is 4.74. The van der Waals surface area contributed by atoms with Crippen molar-refractivity contribution in [3.05, 3.63) is 0 Å². The number of hydrogen-bond donors (Lipinski definition) is 1. The van der Waals surface area contributed by atoms with Crippen LogP contribution in [0.2, 0.25) is 0 Å². The van der Waals surface area contributed by atoms with Gasteiger partial charge in [0.2, 0.25) is 0 Å². The van der Waals surface area contributed by atoms with Crippen LogP contribution in [0.3, 0.4) is 0 Å². The Labute approximate surface area is 82.0 Å². The molecule has 1 N–H and O–H groups in total. The van der Waals surface area contributed by atoms with Gasteiger partial charge in [0, 0.05) is 6.04 Å². The number of hydrogen-bond acceptors (Lipinski definition) is 2. The van der Waals surface area contributed by atoms with E-state index in [1.54, 1.807) is 0 Å². The van der Waals surface area contributed by atoms with Crippen LogP contribution in [0.4, 0.5) is 0 Å². The average molecular weight is 185 g/mol. The summed E-state index contributed by atoms with van der Waals surface area (Å²) in [6.45, 7) is 5.07. The maximum Gasteiger partial charge on any atom is 0.0625 e. The smallest absolute Gasteiger partial charge is 0.0625 e. The molecule has 13 heavy (non-hydrogen) atoms. The first kappa shape index (κ1) is 11.0. The van der Waals surface area contributed by atoms with Gasteiger partial charge in [0.25, 0.3) is 0 Å². The van der Waals surface area contributed by atoms with E-state index < -0.39 is 0 Å². The van der Waals surface area contributed by atoms with Crippen molar-refractivity contribution in [2.75, 3.05) is 13.7 Å². The molecule has 0 aromatic rings. The van der Waals surface area contributed by atoms with Gasteiger partial charge in [0.05, 0.1) is 12.7 Å². The van der Waals surface area contributed by atoms with Crippen molar-refractivity contribution >= 4 is 0 Å². The van der Waals surface area contributed by atoms with Crippen LogP contribution in [0.1, 0.15) is 39.5 Å². The summed E-state index contributed by atoms with van der Waals surface area (Å²) in [5.41, 5.74) is 0. The van der Waals surface area contributed by atoms with Gasteiger partial charge in [-0.3, -0.25) is 0 Å². The predicted octanol–water partition coefficient (Wildman–Crippen LogP) is 2.19. The Morgan fingerprint density at radius 3 is 2.38 bits per heavy atom. The Morgan fingerprint density at radius 2 is 1.92 bits per heavy atom. The van der Waals surface area contributed by atoms with Crippen LogP contribution in [-0.4, -0.2) is 25.8 Å². The van der Waals surface area contributed by atoms with E-state index in [0.717, 1.165) is 12.5 Å². The highest BCUT2D eigenvalue weighted by Crippen LogP contribution is 2.27. The Hall–Kier alpha value is -0.0800. The summed E-state index contributed by atoms with van der Waals surface area (Å²) in [7, 11) is 2.05. The SMILES string of the molecule is CNC(COC(C)C)C1CCCC1. The van der Waals surface area contributed by atoms with Gasteiger partial charge in [-0.2, -0.15) is 0 Å². The molecule has 0 amide bonds. The fourth-order valence-electron chi connectivity index (χ4n) is 2.11. The molecule has 1 aliphatic carbocycles. The summed E-state index contributed by atoms with van der Waals surface area (Å²) < 4.78 is 5.64. The lowest BCUT2D eigenvalue weighted by molar-refractivity contribution is 0.0506. The fraction of sp³-hybridized carbons (Fsp3) is 1.00. The maximum atomic E-state index is 5.64. The fourth-order valence-corrected chi connectivity index (χ4v) is 2.11. The van der Waals surface area contributed by atoms with Gasteiger partial charge in [-0.05, 0) is 39.7 Å². The first-order valence-corrected chi connectivity index (χ1v) is 5.53. The molecule has 0 bridgehead atoms. The summed E-state index contributed by atoms with van der Waals surface area (Å²) >= 11 is 0. The van der Waals surface area contributed by atoms with Gasteiger partial charge >= 0.3 is 0 Å². The van der Waals surface area contributed by atoms with Crippen molar-refractivity contribution in [3.8, 4) is 0 Å². The van der Waals surface area contributed by atoms with Gasteiger partial charge < -0.3 is 10.1 Å². The zero-order valence-electron chi connectivity index (χ0n) is 9.18. The van der Waals surface area contributed by atoms with Crippen LogP contribution in [0.25, 0.3) is 0 Å². The monoisotopic (exact) mass is 185 g/mol. The van der Waals surface area contributed by atoms with E-state index in [4.69, 9.17) is 4.74 Å². The number of rotatable bonds is 5. The summed E-state index contributed by atoms with van der Waals surface area (Å²) in [6.07, 6.45) is 5.94. The summed E-state index contributed by atoms with van der Waals surface area (Å²) in [5.74, 6) is 0.851. The van der Waals surface area contributed by atoms with Crippen LogP contribution in [0, 0.1) is 5.92 Å². The largest absolute Gasteiger partial charge is 0.377 e. The standard InChI is InChI=1S/C11H23NO/c1-9(2)13-8-11(12-3)10-6-4-5-7-10/h9-12H,4-8H2,1-3H3. The van der Waals surface area contributed by atoms with Gasteiger partial charge in [-0.25, -0.2) is 0 Å². The lowest BCUT2D eigenvalue weighted by Gasteiger charge is -2.23. The number of ether oxygens (including phenoxy) is 1. The second-order valence-electron chi connectivity index (χ2n) is 4.32. The molecule has 1 rings (SSSR count). The van der Waals surface area contributed by atoms with Gasteiger partial charge in [-0.15, -0.1) is 0 Å². The molecule has 0 spiro atoms. The Bertz CT molecular complexity index is 130. The van der Waals surface area contributed by atoms with Crippen molar-refractivity contribution < 1.29 is 4.74 Å². The maximum absolute atomic E-state index is 5.64. The first-order chi connectivity index (χ1) is 6.24. The normalized spacial score (nSPS) is 21.2. The minimum atomic E-state index is 0.359. The third-order valence-corrected chi connectivity index (χ3v) is 2.95. The Balaban J connectivity index is 2.24. The molecule has 78 valence electrons. The van der Waals surface area contributed by atoms with E-state index in [0.29, 0.717) is 12.1 Å². The second kappa shape index (κ2) is 5.61. The molecule has 1 unspecified atom stereocenters. The summed E-state index contributed by atoms with van der Waals surface area (Å²) in [6, 6.07) is 0.574. The lowest BCUT2D eigenvalue weighted by Crippen LogP contribution is -2.37. The molecular formula is C11H23NO. The molecule has 1 atom stereocenters. The van der Waals surface area contributed by atoms with Crippen LogP contribution >= 0.6 is 0 Å². The molecule has 0 aromatic heterocycles. The van der Waals surface area contributed by atoms with Crippen LogP contribution < -0.4 is 5.32 Å². The van der Waals surface area contributed by atoms with Gasteiger partial charge in [0.15, 0.2) is 0 Å². The van der Waals surface area contributed by atoms with Crippen LogP contribution in [-0.2, 0) is 4.74 Å². The molecule has 1 aliphatic rings. The molecule has 0 heterocycles. The predicted molar refractivity (Wildman–Crippen MR) is 55.9 cm³/mol. The molecule has 1 saturated carbocycles. The van der Waals surface area contributed by atoms with Crippen molar-refractivity contribution in [1.82, 2.24) is 5.32 Å². The minimum absolute atomic E-state index is 0.359. The summed E-state index contributed by atoms with van der Waals surface area (Å²) in [4.78, 5) is 0. The van der Waals surface area contributed by atoms with E-state index in [2.05, 4.69) is 19.2 Å². The molecule has 0 aliphatic heterocycles. The quantitative estimate of drug-likeness (QED) is 0.709. The van der Waals surface area contributed by atoms with Crippen molar-refractivity contribution in [1.29, 1.82) is 0 Å². The average Bonchev–Trinajstić information content (AvgIpc) is 2.58. The van der Waals surface area contributed by atoms with E-state index in [1.807, 2.05) is 7.05 Å². The highest BCUT2D eigenvalue weighted by atomic mass is 16.5. The number of nitrogens with one attached hydrogen (secondary N) is 1.